The van der Waals surface area contributed by atoms with Gasteiger partial charge in [0.25, 0.3) is 0 Å². The molecule has 0 aromatic carbocycles. The number of halogens is 2. The molecule has 0 unspecified atom stereocenters. The smallest absolute Gasteiger partial charge is 0.312 e. The summed E-state index contributed by atoms with van der Waals surface area (Å²) >= 11 is 10.7. The molecule has 0 aliphatic heterocycles. The van der Waals surface area contributed by atoms with Gasteiger partial charge in [0.15, 0.2) is 0 Å². The normalized spacial score (nSPS) is 10.4. The summed E-state index contributed by atoms with van der Waals surface area (Å²) in [6.07, 6.45) is 2.16. The molecule has 0 bridgehead atoms. The molecule has 0 saturated heterocycles. The zero-order chi connectivity index (χ0) is 13.8. The Balaban J connectivity index is 2.01. The molecule has 8 heteroatoms. The Kier molecular flexibility index (Phi) is 4.73. The molecule has 2 heterocycles. The lowest BCUT2D eigenvalue weighted by molar-refractivity contribution is -0.384. The topological polar surface area (TPSA) is 68.1 Å². The predicted molar refractivity (Wildman–Crippen MR) is 80.1 cm³/mol. The van der Waals surface area contributed by atoms with Gasteiger partial charge in [0.05, 0.1) is 13.7 Å². The molecule has 0 saturated carbocycles. The Morgan fingerprint density at radius 1 is 1.53 bits per heavy atom. The quantitative estimate of drug-likeness (QED) is 0.641. The second-order valence-electron chi connectivity index (χ2n) is 3.66. The number of hydrogen-bond acceptors (Lipinski definition) is 5. The summed E-state index contributed by atoms with van der Waals surface area (Å²) in [5.74, 6) is 0.241. The number of nitrogens with zero attached hydrogens (tertiary/aromatic N) is 2. The number of nitrogens with one attached hydrogen (secondary N) is 1. The van der Waals surface area contributed by atoms with Gasteiger partial charge in [0.2, 0.25) is 5.82 Å². The molecule has 2 aromatic heterocycles. The number of hydrogen-bond donors (Lipinski definition) is 1. The van der Waals surface area contributed by atoms with Crippen molar-refractivity contribution < 1.29 is 4.92 Å². The fraction of sp³-hybridized carbons (Fsp3) is 0.182. The van der Waals surface area contributed by atoms with Crippen LogP contribution in [0.25, 0.3) is 0 Å². The fourth-order valence-electron chi connectivity index (χ4n) is 1.49. The first-order chi connectivity index (χ1) is 9.06. The monoisotopic (exact) mass is 361 g/mol. The molecule has 0 amide bonds. The second-order valence-corrected chi connectivity index (χ2v) is 6.64. The number of rotatable bonds is 5. The van der Waals surface area contributed by atoms with E-state index in [0.717, 1.165) is 10.2 Å². The van der Waals surface area contributed by atoms with Gasteiger partial charge in [-0.1, -0.05) is 11.6 Å². The minimum absolute atomic E-state index is 0.111. The number of aromatic nitrogens is 1. The first-order valence-corrected chi connectivity index (χ1v) is 7.33. The molecule has 0 atom stereocenters. The Morgan fingerprint density at radius 3 is 2.95 bits per heavy atom. The number of thiophene rings is 1. The molecule has 0 aliphatic carbocycles. The van der Waals surface area contributed by atoms with Crippen LogP contribution in [0.3, 0.4) is 0 Å². The maximum Gasteiger partial charge on any atom is 0.312 e. The van der Waals surface area contributed by atoms with Crippen LogP contribution in [-0.2, 0) is 6.42 Å². The summed E-state index contributed by atoms with van der Waals surface area (Å²) < 4.78 is 1.07. The minimum Gasteiger partial charge on any atom is -0.364 e. The largest absolute Gasteiger partial charge is 0.364 e. The van der Waals surface area contributed by atoms with E-state index < -0.39 is 4.92 Å². The second kappa shape index (κ2) is 6.31. The van der Waals surface area contributed by atoms with Gasteiger partial charge in [-0.3, -0.25) is 10.1 Å². The highest BCUT2D eigenvalue weighted by Gasteiger charge is 2.15. The van der Waals surface area contributed by atoms with Gasteiger partial charge < -0.3 is 5.32 Å². The average Bonchev–Trinajstić information content (AvgIpc) is 2.77. The van der Waals surface area contributed by atoms with Gasteiger partial charge in [-0.25, -0.2) is 4.98 Å². The molecule has 2 rings (SSSR count). The molecule has 1 N–H and O–H groups in total. The minimum atomic E-state index is -0.497. The maximum atomic E-state index is 10.9. The van der Waals surface area contributed by atoms with Crippen LogP contribution in [-0.4, -0.2) is 16.5 Å². The molecular weight excluding hydrogens is 354 g/mol. The van der Waals surface area contributed by atoms with Gasteiger partial charge in [0.1, 0.15) is 0 Å². The van der Waals surface area contributed by atoms with E-state index >= 15 is 0 Å². The Morgan fingerprint density at radius 2 is 2.32 bits per heavy atom. The van der Waals surface area contributed by atoms with Gasteiger partial charge in [-0.2, -0.15) is 0 Å². The van der Waals surface area contributed by atoms with Crippen molar-refractivity contribution in [1.29, 1.82) is 0 Å². The molecule has 100 valence electrons. The van der Waals surface area contributed by atoms with Crippen LogP contribution in [0.1, 0.15) is 4.88 Å². The summed E-state index contributed by atoms with van der Waals surface area (Å²) in [4.78, 5) is 15.5. The molecule has 5 nitrogen and oxygen atoms in total. The Bertz CT molecular complexity index is 605. The summed E-state index contributed by atoms with van der Waals surface area (Å²) in [5, 5.41) is 14.1. The van der Waals surface area contributed by atoms with Crippen LogP contribution in [0.15, 0.2) is 28.2 Å². The van der Waals surface area contributed by atoms with Crippen LogP contribution < -0.4 is 5.32 Å². The van der Waals surface area contributed by atoms with Gasteiger partial charge >= 0.3 is 5.69 Å². The van der Waals surface area contributed by atoms with Crippen molar-refractivity contribution in [3.05, 3.63) is 48.2 Å². The van der Waals surface area contributed by atoms with Crippen LogP contribution >= 0.6 is 38.9 Å². The zero-order valence-corrected chi connectivity index (χ0v) is 12.8. The Hall–Kier alpha value is -1.18. The van der Waals surface area contributed by atoms with Gasteiger partial charge in [-0.15, -0.1) is 11.3 Å². The summed E-state index contributed by atoms with van der Waals surface area (Å²) in [7, 11) is 0. The maximum absolute atomic E-state index is 10.9. The lowest BCUT2D eigenvalue weighted by atomic mass is 10.3. The average molecular weight is 363 g/mol. The van der Waals surface area contributed by atoms with Crippen molar-refractivity contribution in [3.63, 3.8) is 0 Å². The molecule has 0 spiro atoms. The number of pyridine rings is 1. The predicted octanol–water partition coefficient (Wildman–Crippen LogP) is 4.12. The summed E-state index contributed by atoms with van der Waals surface area (Å²) in [6.45, 7) is 0.572. The van der Waals surface area contributed by atoms with Crippen molar-refractivity contribution >= 4 is 50.4 Å². The van der Waals surface area contributed by atoms with E-state index in [1.165, 1.54) is 17.1 Å². The molecule has 19 heavy (non-hydrogen) atoms. The van der Waals surface area contributed by atoms with Gasteiger partial charge in [-0.05, 0) is 34.5 Å². The Labute approximate surface area is 126 Å². The van der Waals surface area contributed by atoms with E-state index in [2.05, 4.69) is 26.2 Å². The van der Waals surface area contributed by atoms with Crippen LogP contribution in [0.2, 0.25) is 5.02 Å². The molecule has 0 aliphatic rings. The summed E-state index contributed by atoms with van der Waals surface area (Å²) in [6, 6.07) is 5.28. The number of anilines is 1. The van der Waals surface area contributed by atoms with Crippen molar-refractivity contribution in [2.24, 2.45) is 0 Å². The third-order valence-electron chi connectivity index (χ3n) is 2.32. The zero-order valence-electron chi connectivity index (χ0n) is 9.60. The van der Waals surface area contributed by atoms with Crippen molar-refractivity contribution in [2.45, 2.75) is 6.42 Å². The highest BCUT2D eigenvalue weighted by atomic mass is 79.9. The van der Waals surface area contributed by atoms with Crippen LogP contribution in [0, 0.1) is 10.1 Å². The standard InChI is InChI=1S/C11H9BrClN3O2S/c12-10-2-1-8(19-10)3-4-14-11-9(16(17)18)5-7(13)6-15-11/h1-2,5-6H,3-4H2,(H,14,15). The molecule has 0 fully saturated rings. The highest BCUT2D eigenvalue weighted by molar-refractivity contribution is 9.11. The first kappa shape index (κ1) is 14.2. The molecular formula is C11H9BrClN3O2S. The van der Waals surface area contributed by atoms with Crippen molar-refractivity contribution in [3.8, 4) is 0 Å². The molecule has 2 aromatic rings. The fourth-order valence-corrected chi connectivity index (χ4v) is 3.13. The number of nitro groups is 1. The van der Waals surface area contributed by atoms with E-state index in [4.69, 9.17) is 11.6 Å². The van der Waals surface area contributed by atoms with Gasteiger partial charge in [0, 0.05) is 23.7 Å². The molecule has 0 radical (unpaired) electrons. The van der Waals surface area contributed by atoms with E-state index in [1.807, 2.05) is 12.1 Å². The lowest BCUT2D eigenvalue weighted by Gasteiger charge is -2.05. The van der Waals surface area contributed by atoms with Crippen molar-refractivity contribution in [2.75, 3.05) is 11.9 Å². The van der Waals surface area contributed by atoms with Crippen LogP contribution in [0.4, 0.5) is 11.5 Å². The van der Waals surface area contributed by atoms with Crippen molar-refractivity contribution in [1.82, 2.24) is 4.98 Å². The first-order valence-electron chi connectivity index (χ1n) is 5.34. The van der Waals surface area contributed by atoms with E-state index in [-0.39, 0.29) is 16.5 Å². The van der Waals surface area contributed by atoms with E-state index in [1.54, 1.807) is 11.3 Å². The third kappa shape index (κ3) is 3.89. The van der Waals surface area contributed by atoms with E-state index in [0.29, 0.717) is 6.54 Å². The SMILES string of the molecule is O=[N+]([O-])c1cc(Cl)cnc1NCCc1ccc(Br)s1. The third-order valence-corrected chi connectivity index (χ3v) is 4.21. The lowest BCUT2D eigenvalue weighted by Crippen LogP contribution is -2.07. The van der Waals surface area contributed by atoms with Crippen LogP contribution in [0.5, 0.6) is 0 Å². The highest BCUT2D eigenvalue weighted by Crippen LogP contribution is 2.26. The van der Waals surface area contributed by atoms with E-state index in [9.17, 15) is 10.1 Å². The summed E-state index contributed by atoms with van der Waals surface area (Å²) in [5.41, 5.74) is -0.111.